The van der Waals surface area contributed by atoms with Gasteiger partial charge in [0.05, 0.1) is 13.0 Å². The molecule has 0 bridgehead atoms. The Bertz CT molecular complexity index is 411. The van der Waals surface area contributed by atoms with Gasteiger partial charge < -0.3 is 9.64 Å². The molecular formula is C15H20FNO2. The number of carbonyl (C=O) groups excluding carboxylic acids is 1. The molecular weight excluding hydrogens is 245 g/mol. The van der Waals surface area contributed by atoms with Gasteiger partial charge in [-0.1, -0.05) is 12.1 Å². The number of hydrogen-bond donors (Lipinski definition) is 0. The van der Waals surface area contributed by atoms with Gasteiger partial charge in [0.2, 0.25) is 0 Å². The third-order valence-electron chi connectivity index (χ3n) is 3.75. The third kappa shape index (κ3) is 4.03. The fourth-order valence-electron chi connectivity index (χ4n) is 2.50. The van der Waals surface area contributed by atoms with Gasteiger partial charge in [0.25, 0.3) is 0 Å². The zero-order valence-electron chi connectivity index (χ0n) is 11.3. The van der Waals surface area contributed by atoms with Crippen molar-refractivity contribution in [2.24, 2.45) is 5.92 Å². The standard InChI is InChI=1S/C15H20FNO2/c1-19-15(18)13-7-10-17(11-8-13)9-6-12-2-4-14(16)5-3-12/h2-5,13H,6-11H2,1H3. The molecule has 0 spiro atoms. The van der Waals surface area contributed by atoms with E-state index < -0.39 is 0 Å². The lowest BCUT2D eigenvalue weighted by Crippen LogP contribution is -2.37. The summed E-state index contributed by atoms with van der Waals surface area (Å²) in [6.07, 6.45) is 2.66. The number of rotatable bonds is 4. The zero-order chi connectivity index (χ0) is 13.7. The molecule has 104 valence electrons. The van der Waals surface area contributed by atoms with E-state index in [9.17, 15) is 9.18 Å². The minimum absolute atomic E-state index is 0.0621. The van der Waals surface area contributed by atoms with E-state index in [-0.39, 0.29) is 17.7 Å². The van der Waals surface area contributed by atoms with Crippen LogP contribution in [0.2, 0.25) is 0 Å². The molecule has 0 aromatic heterocycles. The molecule has 0 saturated carbocycles. The molecule has 0 atom stereocenters. The van der Waals surface area contributed by atoms with Crippen LogP contribution >= 0.6 is 0 Å². The normalized spacial score (nSPS) is 17.4. The zero-order valence-corrected chi connectivity index (χ0v) is 11.3. The maximum Gasteiger partial charge on any atom is 0.308 e. The number of hydrogen-bond acceptors (Lipinski definition) is 3. The first kappa shape index (κ1) is 14.0. The van der Waals surface area contributed by atoms with Crippen molar-refractivity contribution in [3.8, 4) is 0 Å². The Morgan fingerprint density at radius 3 is 2.53 bits per heavy atom. The number of methoxy groups -OCH3 is 1. The van der Waals surface area contributed by atoms with Crippen LogP contribution in [-0.2, 0) is 16.0 Å². The van der Waals surface area contributed by atoms with E-state index in [0.29, 0.717) is 0 Å². The summed E-state index contributed by atoms with van der Waals surface area (Å²) >= 11 is 0. The second kappa shape index (κ2) is 6.66. The van der Waals surface area contributed by atoms with Gasteiger partial charge in [0.1, 0.15) is 5.82 Å². The smallest absolute Gasteiger partial charge is 0.308 e. The molecule has 1 aliphatic heterocycles. The Labute approximate surface area is 113 Å². The van der Waals surface area contributed by atoms with Crippen LogP contribution in [0.1, 0.15) is 18.4 Å². The van der Waals surface area contributed by atoms with Crippen LogP contribution in [0.25, 0.3) is 0 Å². The summed E-state index contributed by atoms with van der Waals surface area (Å²) < 4.78 is 17.6. The Hall–Kier alpha value is -1.42. The van der Waals surface area contributed by atoms with Crippen LogP contribution in [-0.4, -0.2) is 37.6 Å². The molecule has 0 radical (unpaired) electrons. The number of benzene rings is 1. The maximum atomic E-state index is 12.8. The lowest BCUT2D eigenvalue weighted by molar-refractivity contribution is -0.147. The summed E-state index contributed by atoms with van der Waals surface area (Å²) in [6, 6.07) is 6.66. The van der Waals surface area contributed by atoms with Crippen LogP contribution < -0.4 is 0 Å². The molecule has 2 rings (SSSR count). The molecule has 0 N–H and O–H groups in total. The first-order valence-corrected chi connectivity index (χ1v) is 6.73. The highest BCUT2D eigenvalue weighted by Gasteiger charge is 2.25. The second-order valence-corrected chi connectivity index (χ2v) is 5.02. The predicted molar refractivity (Wildman–Crippen MR) is 71.3 cm³/mol. The summed E-state index contributed by atoms with van der Waals surface area (Å²) in [5.41, 5.74) is 1.15. The monoisotopic (exact) mass is 265 g/mol. The molecule has 1 aliphatic rings. The molecule has 0 aliphatic carbocycles. The Balaban J connectivity index is 1.74. The van der Waals surface area contributed by atoms with Crippen molar-refractivity contribution in [1.29, 1.82) is 0 Å². The molecule has 0 amide bonds. The number of ether oxygens (including phenoxy) is 1. The van der Waals surface area contributed by atoms with Crippen molar-refractivity contribution in [3.63, 3.8) is 0 Å². The first-order chi connectivity index (χ1) is 9.19. The van der Waals surface area contributed by atoms with E-state index in [1.807, 2.05) is 12.1 Å². The van der Waals surface area contributed by atoms with E-state index in [1.165, 1.54) is 19.2 Å². The largest absolute Gasteiger partial charge is 0.469 e. The number of carbonyl (C=O) groups is 1. The van der Waals surface area contributed by atoms with Gasteiger partial charge >= 0.3 is 5.97 Å². The van der Waals surface area contributed by atoms with Crippen molar-refractivity contribution in [3.05, 3.63) is 35.6 Å². The summed E-state index contributed by atoms with van der Waals surface area (Å²) in [4.78, 5) is 13.8. The van der Waals surface area contributed by atoms with Crippen molar-refractivity contribution < 1.29 is 13.9 Å². The number of halogens is 1. The lowest BCUT2D eigenvalue weighted by atomic mass is 9.97. The Morgan fingerprint density at radius 2 is 1.95 bits per heavy atom. The SMILES string of the molecule is COC(=O)C1CCN(CCc2ccc(F)cc2)CC1. The molecule has 0 unspecified atom stereocenters. The molecule has 3 nitrogen and oxygen atoms in total. The van der Waals surface area contributed by atoms with E-state index >= 15 is 0 Å². The van der Waals surface area contributed by atoms with Crippen LogP contribution in [0.5, 0.6) is 0 Å². The highest BCUT2D eigenvalue weighted by atomic mass is 19.1. The van der Waals surface area contributed by atoms with Gasteiger partial charge in [-0.05, 0) is 50.0 Å². The topological polar surface area (TPSA) is 29.5 Å². The molecule has 19 heavy (non-hydrogen) atoms. The van der Waals surface area contributed by atoms with Crippen molar-refractivity contribution in [2.45, 2.75) is 19.3 Å². The van der Waals surface area contributed by atoms with Gasteiger partial charge in [-0.3, -0.25) is 4.79 Å². The Morgan fingerprint density at radius 1 is 1.32 bits per heavy atom. The quantitative estimate of drug-likeness (QED) is 0.782. The molecule has 4 heteroatoms. The van der Waals surface area contributed by atoms with Gasteiger partial charge in [0, 0.05) is 6.54 Å². The number of piperidine rings is 1. The predicted octanol–water partition coefficient (Wildman–Crippen LogP) is 2.25. The highest BCUT2D eigenvalue weighted by molar-refractivity contribution is 5.72. The molecule has 1 heterocycles. The summed E-state index contributed by atoms with van der Waals surface area (Å²) in [5, 5.41) is 0. The summed E-state index contributed by atoms with van der Waals surface area (Å²) in [5.74, 6) is -0.215. The van der Waals surface area contributed by atoms with E-state index in [2.05, 4.69) is 4.90 Å². The maximum absolute atomic E-state index is 12.8. The van der Waals surface area contributed by atoms with Crippen LogP contribution in [0.15, 0.2) is 24.3 Å². The minimum Gasteiger partial charge on any atom is -0.469 e. The van der Waals surface area contributed by atoms with Crippen molar-refractivity contribution in [2.75, 3.05) is 26.7 Å². The van der Waals surface area contributed by atoms with Crippen molar-refractivity contribution in [1.82, 2.24) is 4.90 Å². The molecule has 1 aromatic rings. The molecule has 1 fully saturated rings. The van der Waals surface area contributed by atoms with Crippen LogP contribution in [0.4, 0.5) is 4.39 Å². The minimum atomic E-state index is -0.192. The number of likely N-dealkylation sites (tertiary alicyclic amines) is 1. The average molecular weight is 265 g/mol. The van der Waals surface area contributed by atoms with Crippen LogP contribution in [0.3, 0.4) is 0 Å². The first-order valence-electron chi connectivity index (χ1n) is 6.73. The number of esters is 1. The number of nitrogens with zero attached hydrogens (tertiary/aromatic N) is 1. The molecule has 1 saturated heterocycles. The lowest BCUT2D eigenvalue weighted by Gasteiger charge is -2.30. The molecule has 1 aromatic carbocycles. The van der Waals surface area contributed by atoms with Gasteiger partial charge in [-0.25, -0.2) is 4.39 Å². The average Bonchev–Trinajstić information content (AvgIpc) is 2.46. The van der Waals surface area contributed by atoms with Gasteiger partial charge in [-0.2, -0.15) is 0 Å². The van der Waals surface area contributed by atoms with Crippen molar-refractivity contribution >= 4 is 5.97 Å². The van der Waals surface area contributed by atoms with E-state index in [1.54, 1.807) is 0 Å². The van der Waals surface area contributed by atoms with E-state index in [4.69, 9.17) is 4.74 Å². The second-order valence-electron chi connectivity index (χ2n) is 5.02. The summed E-state index contributed by atoms with van der Waals surface area (Å²) in [6.45, 7) is 2.82. The van der Waals surface area contributed by atoms with E-state index in [0.717, 1.165) is 44.5 Å². The fourth-order valence-corrected chi connectivity index (χ4v) is 2.50. The van der Waals surface area contributed by atoms with Gasteiger partial charge in [-0.15, -0.1) is 0 Å². The third-order valence-corrected chi connectivity index (χ3v) is 3.75. The highest BCUT2D eigenvalue weighted by Crippen LogP contribution is 2.18. The fraction of sp³-hybridized carbons (Fsp3) is 0.533. The summed E-state index contributed by atoms with van der Waals surface area (Å²) in [7, 11) is 1.45. The van der Waals surface area contributed by atoms with Gasteiger partial charge in [0.15, 0.2) is 0 Å². The van der Waals surface area contributed by atoms with Crippen LogP contribution in [0, 0.1) is 11.7 Å². The Kier molecular flexibility index (Phi) is 4.91.